The summed E-state index contributed by atoms with van der Waals surface area (Å²) < 4.78 is 10.2. The minimum atomic E-state index is -0.814. The molecule has 1 amide bonds. The average molecular weight is 313 g/mol. The fraction of sp³-hybridized carbons (Fsp3) is 0.222. The number of hydrogen-bond acceptors (Lipinski definition) is 4. The number of para-hydroxylation sites is 1. The summed E-state index contributed by atoms with van der Waals surface area (Å²) in [5.41, 5.74) is 0.677. The number of nitrogens with one attached hydrogen (secondary N) is 1. The van der Waals surface area contributed by atoms with E-state index in [0.29, 0.717) is 11.3 Å². The first-order chi connectivity index (χ1) is 11.2. The topological polar surface area (TPSA) is 64.6 Å². The van der Waals surface area contributed by atoms with Crippen molar-refractivity contribution in [1.29, 1.82) is 0 Å². The predicted molar refractivity (Wildman–Crippen MR) is 85.9 cm³/mol. The van der Waals surface area contributed by atoms with Crippen LogP contribution in [0.25, 0.3) is 0 Å². The molecule has 2 rings (SSSR count). The van der Waals surface area contributed by atoms with E-state index < -0.39 is 12.0 Å². The Kier molecular flexibility index (Phi) is 6.17. The van der Waals surface area contributed by atoms with Crippen molar-refractivity contribution in [2.75, 3.05) is 13.7 Å². The van der Waals surface area contributed by atoms with Crippen LogP contribution in [0.1, 0.15) is 18.0 Å². The summed E-state index contributed by atoms with van der Waals surface area (Å²) in [6.07, 6.45) is 0.148. The van der Waals surface area contributed by atoms with Gasteiger partial charge in [0.05, 0.1) is 20.1 Å². The number of ether oxygens (including phenoxy) is 2. The summed E-state index contributed by atoms with van der Waals surface area (Å²) in [4.78, 5) is 23.9. The summed E-state index contributed by atoms with van der Waals surface area (Å²) in [6, 6.07) is 17.4. The molecule has 2 aromatic rings. The van der Waals surface area contributed by atoms with Gasteiger partial charge in [0.1, 0.15) is 5.75 Å². The highest BCUT2D eigenvalue weighted by molar-refractivity contribution is 5.85. The zero-order valence-corrected chi connectivity index (χ0v) is 12.9. The van der Waals surface area contributed by atoms with E-state index in [1.807, 2.05) is 36.4 Å². The minimum Gasteiger partial charge on any atom is -0.493 e. The summed E-state index contributed by atoms with van der Waals surface area (Å²) in [5, 5.41) is 2.68. The molecule has 0 aliphatic carbocycles. The highest BCUT2D eigenvalue weighted by Crippen LogP contribution is 2.14. The fourth-order valence-electron chi connectivity index (χ4n) is 2.05. The van der Waals surface area contributed by atoms with Crippen LogP contribution in [0, 0.1) is 0 Å². The standard InChI is InChI=1S/C18H19NO4/c1-22-18(21)17(14-8-4-2-5-9-14)19-16(20)12-13-23-15-10-6-3-7-11-15/h2-11,17H,12-13H2,1H3,(H,19,20). The van der Waals surface area contributed by atoms with Gasteiger partial charge in [-0.15, -0.1) is 0 Å². The molecule has 0 aromatic heterocycles. The second kappa shape index (κ2) is 8.58. The predicted octanol–water partition coefficient (Wildman–Crippen LogP) is 2.49. The molecule has 0 radical (unpaired) electrons. The first-order valence-electron chi connectivity index (χ1n) is 7.30. The Hall–Kier alpha value is -2.82. The zero-order chi connectivity index (χ0) is 16.5. The quantitative estimate of drug-likeness (QED) is 0.798. The van der Waals surface area contributed by atoms with E-state index >= 15 is 0 Å². The third-order valence-electron chi connectivity index (χ3n) is 3.22. The zero-order valence-electron chi connectivity index (χ0n) is 12.9. The molecule has 0 heterocycles. The lowest BCUT2D eigenvalue weighted by molar-refractivity contribution is -0.145. The monoisotopic (exact) mass is 313 g/mol. The molecule has 0 saturated heterocycles. The molecule has 1 atom stereocenters. The molecule has 0 aliphatic rings. The van der Waals surface area contributed by atoms with Gasteiger partial charge in [-0.05, 0) is 17.7 Å². The largest absolute Gasteiger partial charge is 0.493 e. The third kappa shape index (κ3) is 5.14. The van der Waals surface area contributed by atoms with Crippen molar-refractivity contribution in [2.24, 2.45) is 0 Å². The molecule has 1 N–H and O–H groups in total. The van der Waals surface area contributed by atoms with Crippen LogP contribution in [0.15, 0.2) is 60.7 Å². The summed E-state index contributed by atoms with van der Waals surface area (Å²) in [5.74, 6) is -0.0819. The SMILES string of the molecule is COC(=O)C(NC(=O)CCOc1ccccc1)c1ccccc1. The first-order valence-corrected chi connectivity index (χ1v) is 7.30. The maximum Gasteiger partial charge on any atom is 0.333 e. The normalized spacial score (nSPS) is 11.3. The van der Waals surface area contributed by atoms with Crippen LogP contribution in [-0.4, -0.2) is 25.6 Å². The van der Waals surface area contributed by atoms with Gasteiger partial charge in [0.2, 0.25) is 5.91 Å². The van der Waals surface area contributed by atoms with E-state index in [-0.39, 0.29) is 18.9 Å². The van der Waals surface area contributed by atoms with Crippen molar-refractivity contribution in [1.82, 2.24) is 5.32 Å². The Labute approximate surface area is 135 Å². The Morgan fingerprint density at radius 3 is 2.22 bits per heavy atom. The maximum atomic E-state index is 12.0. The lowest BCUT2D eigenvalue weighted by atomic mass is 10.1. The number of esters is 1. The number of carbonyl (C=O) groups excluding carboxylic acids is 2. The van der Waals surface area contributed by atoms with Crippen LogP contribution < -0.4 is 10.1 Å². The van der Waals surface area contributed by atoms with E-state index in [1.165, 1.54) is 7.11 Å². The summed E-state index contributed by atoms with van der Waals surface area (Å²) in [7, 11) is 1.29. The molecule has 0 spiro atoms. The van der Waals surface area contributed by atoms with Gasteiger partial charge in [0.25, 0.3) is 0 Å². The number of benzene rings is 2. The number of rotatable bonds is 7. The van der Waals surface area contributed by atoms with E-state index in [1.54, 1.807) is 24.3 Å². The molecule has 23 heavy (non-hydrogen) atoms. The van der Waals surface area contributed by atoms with Gasteiger partial charge in [-0.1, -0.05) is 48.5 Å². The van der Waals surface area contributed by atoms with Crippen molar-refractivity contribution < 1.29 is 19.1 Å². The second-order valence-corrected chi connectivity index (χ2v) is 4.85. The molecule has 120 valence electrons. The van der Waals surface area contributed by atoms with Gasteiger partial charge < -0.3 is 14.8 Å². The van der Waals surface area contributed by atoms with Crippen molar-refractivity contribution in [3.63, 3.8) is 0 Å². The number of amides is 1. The van der Waals surface area contributed by atoms with Gasteiger partial charge in [-0.2, -0.15) is 0 Å². The fourth-order valence-corrected chi connectivity index (χ4v) is 2.05. The highest BCUT2D eigenvalue weighted by Gasteiger charge is 2.23. The molecule has 0 saturated carbocycles. The number of methoxy groups -OCH3 is 1. The van der Waals surface area contributed by atoms with E-state index in [4.69, 9.17) is 9.47 Å². The Morgan fingerprint density at radius 2 is 1.61 bits per heavy atom. The van der Waals surface area contributed by atoms with Gasteiger partial charge in [-0.3, -0.25) is 4.79 Å². The van der Waals surface area contributed by atoms with Gasteiger partial charge in [-0.25, -0.2) is 4.79 Å². The molecule has 0 fully saturated rings. The summed E-state index contributed by atoms with van der Waals surface area (Å²) >= 11 is 0. The molecule has 0 bridgehead atoms. The molecule has 5 heteroatoms. The maximum absolute atomic E-state index is 12.0. The van der Waals surface area contributed by atoms with Crippen LogP contribution in [0.4, 0.5) is 0 Å². The van der Waals surface area contributed by atoms with Crippen LogP contribution in [0.2, 0.25) is 0 Å². The number of hydrogen-bond donors (Lipinski definition) is 1. The third-order valence-corrected chi connectivity index (χ3v) is 3.22. The Balaban J connectivity index is 1.89. The molecule has 2 aromatic carbocycles. The van der Waals surface area contributed by atoms with Crippen LogP contribution in [0.3, 0.4) is 0 Å². The van der Waals surface area contributed by atoms with Crippen molar-refractivity contribution >= 4 is 11.9 Å². The van der Waals surface area contributed by atoms with Crippen LogP contribution >= 0.6 is 0 Å². The van der Waals surface area contributed by atoms with E-state index in [2.05, 4.69) is 5.32 Å². The Morgan fingerprint density at radius 1 is 1.00 bits per heavy atom. The smallest absolute Gasteiger partial charge is 0.333 e. The van der Waals surface area contributed by atoms with Gasteiger partial charge in [0, 0.05) is 0 Å². The molecule has 0 aliphatic heterocycles. The molecule has 1 unspecified atom stereocenters. The highest BCUT2D eigenvalue weighted by atomic mass is 16.5. The van der Waals surface area contributed by atoms with Crippen molar-refractivity contribution in [3.05, 3.63) is 66.2 Å². The van der Waals surface area contributed by atoms with Gasteiger partial charge in [0.15, 0.2) is 6.04 Å². The van der Waals surface area contributed by atoms with Crippen molar-refractivity contribution in [3.8, 4) is 5.75 Å². The lowest BCUT2D eigenvalue weighted by Crippen LogP contribution is -2.35. The Bertz CT molecular complexity index is 628. The second-order valence-electron chi connectivity index (χ2n) is 4.85. The van der Waals surface area contributed by atoms with Crippen molar-refractivity contribution in [2.45, 2.75) is 12.5 Å². The molecule has 5 nitrogen and oxygen atoms in total. The first kappa shape index (κ1) is 16.5. The van der Waals surface area contributed by atoms with Crippen LogP contribution in [-0.2, 0) is 14.3 Å². The minimum absolute atomic E-state index is 0.148. The summed E-state index contributed by atoms with van der Waals surface area (Å²) in [6.45, 7) is 0.235. The lowest BCUT2D eigenvalue weighted by Gasteiger charge is -2.17. The van der Waals surface area contributed by atoms with E-state index in [0.717, 1.165) is 0 Å². The average Bonchev–Trinajstić information content (AvgIpc) is 2.60. The van der Waals surface area contributed by atoms with E-state index in [9.17, 15) is 9.59 Å². The molecular weight excluding hydrogens is 294 g/mol. The van der Waals surface area contributed by atoms with Gasteiger partial charge >= 0.3 is 5.97 Å². The number of carbonyl (C=O) groups is 2. The molecular formula is C18H19NO4. The van der Waals surface area contributed by atoms with Crippen LogP contribution in [0.5, 0.6) is 5.75 Å².